The molecule has 27 heavy (non-hydrogen) atoms. The summed E-state index contributed by atoms with van der Waals surface area (Å²) >= 11 is 0. The number of aromatic nitrogens is 1. The van der Waals surface area contributed by atoms with Gasteiger partial charge < -0.3 is 9.47 Å². The zero-order valence-corrected chi connectivity index (χ0v) is 15.3. The molecule has 4 aromatic rings. The second-order valence-corrected chi connectivity index (χ2v) is 6.85. The van der Waals surface area contributed by atoms with Crippen LogP contribution in [-0.2, 0) is 0 Å². The summed E-state index contributed by atoms with van der Waals surface area (Å²) in [7, 11) is 1.70. The lowest BCUT2D eigenvalue weighted by atomic mass is 9.92. The Hall–Kier alpha value is -3.33. The fourth-order valence-corrected chi connectivity index (χ4v) is 3.80. The van der Waals surface area contributed by atoms with Gasteiger partial charge in [-0.2, -0.15) is 0 Å². The second kappa shape index (κ2) is 6.13. The Morgan fingerprint density at radius 2 is 1.70 bits per heavy atom. The van der Waals surface area contributed by atoms with Gasteiger partial charge in [0.05, 0.1) is 18.3 Å². The first-order valence-electron chi connectivity index (χ1n) is 9.05. The second-order valence-electron chi connectivity index (χ2n) is 6.85. The van der Waals surface area contributed by atoms with Gasteiger partial charge in [0.1, 0.15) is 11.5 Å². The van der Waals surface area contributed by atoms with Gasteiger partial charge in [-0.1, -0.05) is 42.5 Å². The van der Waals surface area contributed by atoms with Crippen molar-refractivity contribution in [3.05, 3.63) is 89.5 Å². The number of aryl methyl sites for hydroxylation is 1. The van der Waals surface area contributed by atoms with Gasteiger partial charge in [0.15, 0.2) is 6.10 Å². The Kier molecular flexibility index (Phi) is 3.61. The maximum absolute atomic E-state index is 6.40. The zero-order chi connectivity index (χ0) is 18.4. The predicted molar refractivity (Wildman–Crippen MR) is 107 cm³/mol. The number of para-hydroxylation sites is 1. The van der Waals surface area contributed by atoms with Crippen LogP contribution in [0.1, 0.15) is 22.8 Å². The van der Waals surface area contributed by atoms with E-state index < -0.39 is 0 Å². The van der Waals surface area contributed by atoms with E-state index in [-0.39, 0.29) is 6.10 Å². The van der Waals surface area contributed by atoms with Gasteiger partial charge in [-0.15, -0.1) is 0 Å². The van der Waals surface area contributed by atoms with E-state index in [1.165, 1.54) is 0 Å². The SMILES string of the molecule is COc1cc2nc3c(cc2cc1C)C(c1ccccc1)Oc1ccccc1-3. The molecule has 3 aromatic carbocycles. The van der Waals surface area contributed by atoms with Crippen LogP contribution in [0.3, 0.4) is 0 Å². The molecule has 0 N–H and O–H groups in total. The molecule has 1 aliphatic heterocycles. The third-order valence-electron chi connectivity index (χ3n) is 5.13. The van der Waals surface area contributed by atoms with Crippen molar-refractivity contribution in [2.24, 2.45) is 0 Å². The molecule has 0 fully saturated rings. The standard InChI is InChI=1S/C24H19NO2/c1-15-12-17-13-19-23(25-20(17)14-22(15)26-2)18-10-6-7-11-21(18)27-24(19)16-8-4-3-5-9-16/h3-14,24H,1-2H3. The van der Waals surface area contributed by atoms with Crippen molar-refractivity contribution >= 4 is 10.9 Å². The Labute approximate surface area is 158 Å². The summed E-state index contributed by atoms with van der Waals surface area (Å²) in [6.45, 7) is 2.05. The van der Waals surface area contributed by atoms with Crippen LogP contribution in [0.4, 0.5) is 0 Å². The highest BCUT2D eigenvalue weighted by molar-refractivity contribution is 5.87. The van der Waals surface area contributed by atoms with Crippen molar-refractivity contribution in [1.29, 1.82) is 0 Å². The topological polar surface area (TPSA) is 31.4 Å². The van der Waals surface area contributed by atoms with Crippen molar-refractivity contribution in [3.8, 4) is 22.8 Å². The Bertz CT molecular complexity index is 1150. The summed E-state index contributed by atoms with van der Waals surface area (Å²) in [6, 6.07) is 24.8. The lowest BCUT2D eigenvalue weighted by Crippen LogP contribution is -2.16. The number of nitrogens with zero attached hydrogens (tertiary/aromatic N) is 1. The minimum atomic E-state index is -0.171. The predicted octanol–water partition coefficient (Wildman–Crippen LogP) is 5.70. The summed E-state index contributed by atoms with van der Waals surface area (Å²) in [4.78, 5) is 5.02. The number of ether oxygens (including phenoxy) is 2. The van der Waals surface area contributed by atoms with E-state index in [2.05, 4.69) is 37.3 Å². The van der Waals surface area contributed by atoms with Crippen molar-refractivity contribution in [3.63, 3.8) is 0 Å². The summed E-state index contributed by atoms with van der Waals surface area (Å²) in [6.07, 6.45) is -0.171. The van der Waals surface area contributed by atoms with E-state index in [0.29, 0.717) is 0 Å². The van der Waals surface area contributed by atoms with Gasteiger partial charge in [-0.25, -0.2) is 4.98 Å². The average Bonchev–Trinajstić information content (AvgIpc) is 2.72. The molecule has 0 aliphatic carbocycles. The van der Waals surface area contributed by atoms with Crippen molar-refractivity contribution in [2.45, 2.75) is 13.0 Å². The molecule has 0 saturated heterocycles. The van der Waals surface area contributed by atoms with Gasteiger partial charge in [0, 0.05) is 22.6 Å². The van der Waals surface area contributed by atoms with Crippen LogP contribution in [0.15, 0.2) is 72.8 Å². The molecule has 1 aromatic heterocycles. The lowest BCUT2D eigenvalue weighted by molar-refractivity contribution is 0.243. The van der Waals surface area contributed by atoms with E-state index >= 15 is 0 Å². The molecule has 2 heterocycles. The molecule has 1 aliphatic rings. The normalized spacial score (nSPS) is 15.0. The van der Waals surface area contributed by atoms with E-state index in [1.807, 2.05) is 42.5 Å². The van der Waals surface area contributed by atoms with E-state index in [4.69, 9.17) is 14.5 Å². The van der Waals surface area contributed by atoms with Crippen LogP contribution >= 0.6 is 0 Å². The summed E-state index contributed by atoms with van der Waals surface area (Å²) in [5.74, 6) is 1.72. The van der Waals surface area contributed by atoms with Gasteiger partial charge in [0.2, 0.25) is 0 Å². The molecular formula is C24H19NO2. The molecule has 0 spiro atoms. The van der Waals surface area contributed by atoms with E-state index in [9.17, 15) is 0 Å². The molecule has 0 radical (unpaired) electrons. The first-order chi connectivity index (χ1) is 13.2. The molecule has 5 rings (SSSR count). The first-order valence-corrected chi connectivity index (χ1v) is 9.05. The number of hydrogen-bond acceptors (Lipinski definition) is 3. The molecule has 3 heteroatoms. The number of methoxy groups -OCH3 is 1. The molecule has 3 nitrogen and oxygen atoms in total. The van der Waals surface area contributed by atoms with E-state index in [1.54, 1.807) is 7.11 Å². The first kappa shape index (κ1) is 15.9. The highest BCUT2D eigenvalue weighted by Gasteiger charge is 2.29. The number of pyridine rings is 1. The number of benzene rings is 3. The van der Waals surface area contributed by atoms with Crippen LogP contribution in [0.2, 0.25) is 0 Å². The van der Waals surface area contributed by atoms with Crippen LogP contribution in [0.5, 0.6) is 11.5 Å². The van der Waals surface area contributed by atoms with Crippen molar-refractivity contribution in [1.82, 2.24) is 4.98 Å². The molecular weight excluding hydrogens is 334 g/mol. The number of hydrogen-bond donors (Lipinski definition) is 0. The summed E-state index contributed by atoms with van der Waals surface area (Å²) in [5, 5.41) is 1.09. The fraction of sp³-hybridized carbons (Fsp3) is 0.125. The van der Waals surface area contributed by atoms with Crippen LogP contribution in [-0.4, -0.2) is 12.1 Å². The van der Waals surface area contributed by atoms with Gasteiger partial charge in [0.25, 0.3) is 0 Å². The summed E-state index contributed by atoms with van der Waals surface area (Å²) in [5.41, 5.74) is 6.25. The van der Waals surface area contributed by atoms with Gasteiger partial charge >= 0.3 is 0 Å². The molecule has 0 bridgehead atoms. The average molecular weight is 353 g/mol. The van der Waals surface area contributed by atoms with Crippen LogP contribution < -0.4 is 9.47 Å². The van der Waals surface area contributed by atoms with Gasteiger partial charge in [-0.3, -0.25) is 0 Å². The number of rotatable bonds is 2. The fourth-order valence-electron chi connectivity index (χ4n) is 3.80. The molecule has 0 saturated carbocycles. The van der Waals surface area contributed by atoms with E-state index in [0.717, 1.165) is 50.3 Å². The number of fused-ring (bicyclic) bond motifs is 4. The minimum Gasteiger partial charge on any atom is -0.496 e. The van der Waals surface area contributed by atoms with Crippen LogP contribution in [0, 0.1) is 6.92 Å². The molecule has 0 amide bonds. The van der Waals surface area contributed by atoms with Crippen LogP contribution in [0.25, 0.3) is 22.2 Å². The smallest absolute Gasteiger partial charge is 0.151 e. The Morgan fingerprint density at radius 3 is 2.52 bits per heavy atom. The van der Waals surface area contributed by atoms with Gasteiger partial charge in [-0.05, 0) is 42.3 Å². The monoisotopic (exact) mass is 353 g/mol. The van der Waals surface area contributed by atoms with Crippen molar-refractivity contribution < 1.29 is 9.47 Å². The maximum Gasteiger partial charge on any atom is 0.151 e. The lowest BCUT2D eigenvalue weighted by Gasteiger charge is -2.29. The molecule has 1 unspecified atom stereocenters. The zero-order valence-electron chi connectivity index (χ0n) is 15.3. The highest BCUT2D eigenvalue weighted by atomic mass is 16.5. The Balaban J connectivity index is 1.80. The third-order valence-corrected chi connectivity index (χ3v) is 5.13. The largest absolute Gasteiger partial charge is 0.496 e. The Morgan fingerprint density at radius 1 is 0.926 bits per heavy atom. The maximum atomic E-state index is 6.40. The molecule has 132 valence electrons. The minimum absolute atomic E-state index is 0.171. The quantitative estimate of drug-likeness (QED) is 0.463. The molecule has 1 atom stereocenters. The summed E-state index contributed by atoms with van der Waals surface area (Å²) < 4.78 is 11.9. The third kappa shape index (κ3) is 2.55. The van der Waals surface area contributed by atoms with Crippen molar-refractivity contribution in [2.75, 3.05) is 7.11 Å². The highest BCUT2D eigenvalue weighted by Crippen LogP contribution is 2.45.